The third kappa shape index (κ3) is 3.07. The van der Waals surface area contributed by atoms with E-state index in [1.165, 1.54) is 23.3 Å². The number of benzene rings is 1. The van der Waals surface area contributed by atoms with E-state index in [0.717, 1.165) is 42.2 Å². The van der Waals surface area contributed by atoms with Gasteiger partial charge in [-0.3, -0.25) is 9.69 Å². The zero-order valence-corrected chi connectivity index (χ0v) is 17.3. The molecule has 3 nitrogen and oxygen atoms in total. The van der Waals surface area contributed by atoms with Crippen LogP contribution in [0.3, 0.4) is 0 Å². The van der Waals surface area contributed by atoms with Gasteiger partial charge in [0.2, 0.25) is 0 Å². The lowest BCUT2D eigenvalue weighted by atomic mass is 9.98. The van der Waals surface area contributed by atoms with E-state index in [9.17, 15) is 4.79 Å². The predicted molar refractivity (Wildman–Crippen MR) is 110 cm³/mol. The molecule has 1 atom stereocenters. The van der Waals surface area contributed by atoms with E-state index in [4.69, 9.17) is 23.2 Å². The molecule has 0 bridgehead atoms. The fraction of sp³-hybridized carbons (Fsp3) is 0.450. The minimum Gasteiger partial charge on any atom is -0.351 e. The topological polar surface area (TPSA) is 23.6 Å². The molecule has 6 heteroatoms. The smallest absolute Gasteiger partial charge is 0.170 e. The first-order valence-electron chi connectivity index (χ1n) is 9.06. The van der Waals surface area contributed by atoms with Crippen molar-refractivity contribution >= 4 is 46.0 Å². The third-order valence-corrected chi connectivity index (χ3v) is 7.65. The molecule has 1 fully saturated rings. The fourth-order valence-corrected chi connectivity index (χ4v) is 5.75. The Kier molecular flexibility index (Phi) is 5.04. The van der Waals surface area contributed by atoms with E-state index < -0.39 is 0 Å². The van der Waals surface area contributed by atoms with Crippen molar-refractivity contribution in [3.63, 3.8) is 0 Å². The van der Waals surface area contributed by atoms with Crippen LogP contribution >= 0.6 is 34.5 Å². The van der Waals surface area contributed by atoms with Crippen molar-refractivity contribution in [3.05, 3.63) is 49.1 Å². The molecule has 1 unspecified atom stereocenters. The first-order chi connectivity index (χ1) is 12.5. The van der Waals surface area contributed by atoms with Crippen LogP contribution in [0.15, 0.2) is 18.2 Å². The number of rotatable bonds is 3. The minimum atomic E-state index is 0.169. The number of fused-ring (bicyclic) bond motifs is 1. The Morgan fingerprint density at radius 1 is 1.15 bits per heavy atom. The Bertz CT molecular complexity index is 858. The highest BCUT2D eigenvalue weighted by molar-refractivity contribution is 7.14. The molecule has 1 aromatic heterocycles. The van der Waals surface area contributed by atoms with E-state index in [1.54, 1.807) is 18.3 Å². The van der Waals surface area contributed by atoms with Crippen molar-refractivity contribution in [1.29, 1.82) is 0 Å². The zero-order valence-electron chi connectivity index (χ0n) is 15.0. The number of carbonyl (C=O) groups is 1. The Labute approximate surface area is 168 Å². The summed E-state index contributed by atoms with van der Waals surface area (Å²) in [7, 11) is 0. The van der Waals surface area contributed by atoms with E-state index in [1.807, 2.05) is 12.1 Å². The van der Waals surface area contributed by atoms with Crippen molar-refractivity contribution in [2.75, 3.05) is 24.5 Å². The lowest BCUT2D eigenvalue weighted by Gasteiger charge is -2.43. The molecule has 0 N–H and O–H groups in total. The van der Waals surface area contributed by atoms with Gasteiger partial charge in [0.25, 0.3) is 0 Å². The summed E-state index contributed by atoms with van der Waals surface area (Å²) in [5.74, 6) is 0.170. The summed E-state index contributed by atoms with van der Waals surface area (Å²) in [4.78, 5) is 19.3. The molecule has 0 amide bonds. The second kappa shape index (κ2) is 7.16. The molecule has 1 aromatic carbocycles. The van der Waals surface area contributed by atoms with E-state index in [2.05, 4.69) is 22.8 Å². The van der Waals surface area contributed by atoms with Crippen LogP contribution in [-0.2, 0) is 6.42 Å². The number of hydrogen-bond acceptors (Lipinski definition) is 4. The van der Waals surface area contributed by atoms with Gasteiger partial charge in [-0.15, -0.1) is 11.3 Å². The zero-order chi connectivity index (χ0) is 18.4. The van der Waals surface area contributed by atoms with Crippen LogP contribution < -0.4 is 4.90 Å². The highest BCUT2D eigenvalue weighted by atomic mass is 35.5. The number of carbonyl (C=O) groups excluding carboxylic acids is 1. The minimum absolute atomic E-state index is 0.169. The Morgan fingerprint density at radius 3 is 2.54 bits per heavy atom. The lowest BCUT2D eigenvalue weighted by molar-refractivity contribution is 0.102. The van der Waals surface area contributed by atoms with Gasteiger partial charge in [-0.2, -0.15) is 0 Å². The molecule has 0 aliphatic carbocycles. The van der Waals surface area contributed by atoms with Crippen LogP contribution in [0.1, 0.15) is 51.6 Å². The number of likely N-dealkylation sites (tertiary alicyclic amines) is 1. The molecular formula is C20H22Cl2N2OS. The van der Waals surface area contributed by atoms with E-state index in [-0.39, 0.29) is 11.9 Å². The second-order valence-electron chi connectivity index (χ2n) is 7.11. The largest absolute Gasteiger partial charge is 0.351 e. The normalized spacial score (nSPS) is 20.5. The molecular weight excluding hydrogens is 387 g/mol. The summed E-state index contributed by atoms with van der Waals surface area (Å²) >= 11 is 14.1. The second-order valence-corrected chi connectivity index (χ2v) is 9.03. The van der Waals surface area contributed by atoms with Crippen LogP contribution in [0.5, 0.6) is 0 Å². The summed E-state index contributed by atoms with van der Waals surface area (Å²) in [6.45, 7) is 6.88. The van der Waals surface area contributed by atoms with Crippen molar-refractivity contribution < 1.29 is 4.79 Å². The van der Waals surface area contributed by atoms with Crippen molar-refractivity contribution in [3.8, 4) is 0 Å². The summed E-state index contributed by atoms with van der Waals surface area (Å²) in [5, 5.41) is 1.16. The number of thiophene rings is 1. The van der Waals surface area contributed by atoms with Gasteiger partial charge in [-0.25, -0.2) is 0 Å². The number of anilines is 1. The van der Waals surface area contributed by atoms with Crippen LogP contribution in [0.25, 0.3) is 0 Å². The molecule has 138 valence electrons. The molecule has 3 heterocycles. The molecule has 2 aromatic rings. The first-order valence-corrected chi connectivity index (χ1v) is 10.6. The SMILES string of the molecule is CC(=O)c1sc2c(c1C)C(N1CCCC1)N(c1ccc(Cl)c(Cl)c1)CC2. The Morgan fingerprint density at radius 2 is 1.88 bits per heavy atom. The van der Waals surface area contributed by atoms with Gasteiger partial charge in [-0.05, 0) is 56.9 Å². The number of hydrogen-bond donors (Lipinski definition) is 0. The maximum Gasteiger partial charge on any atom is 0.170 e. The van der Waals surface area contributed by atoms with Crippen LogP contribution in [-0.4, -0.2) is 30.3 Å². The molecule has 4 rings (SSSR count). The van der Waals surface area contributed by atoms with Crippen LogP contribution in [0.2, 0.25) is 10.0 Å². The molecule has 2 aliphatic rings. The predicted octanol–water partition coefficient (Wildman–Crippen LogP) is 5.72. The van der Waals surface area contributed by atoms with Crippen LogP contribution in [0, 0.1) is 6.92 Å². The number of Topliss-reactive ketones (excluding diaryl/α,β-unsaturated/α-hetero) is 1. The fourth-order valence-electron chi connectivity index (χ4n) is 4.25. The van der Waals surface area contributed by atoms with Crippen molar-refractivity contribution in [1.82, 2.24) is 4.90 Å². The van der Waals surface area contributed by atoms with Gasteiger partial charge < -0.3 is 4.90 Å². The van der Waals surface area contributed by atoms with Crippen molar-refractivity contribution in [2.45, 2.75) is 39.3 Å². The summed E-state index contributed by atoms with van der Waals surface area (Å²) < 4.78 is 0. The maximum absolute atomic E-state index is 12.1. The lowest BCUT2D eigenvalue weighted by Crippen LogP contribution is -2.44. The third-order valence-electron chi connectivity index (χ3n) is 5.44. The number of nitrogens with zero attached hydrogens (tertiary/aromatic N) is 2. The summed E-state index contributed by atoms with van der Waals surface area (Å²) in [5.41, 5.74) is 3.58. The van der Waals surface area contributed by atoms with E-state index in [0.29, 0.717) is 10.0 Å². The van der Waals surface area contributed by atoms with E-state index >= 15 is 0 Å². The Balaban J connectivity index is 1.82. The molecule has 26 heavy (non-hydrogen) atoms. The molecule has 2 aliphatic heterocycles. The average Bonchev–Trinajstić information content (AvgIpc) is 3.25. The summed E-state index contributed by atoms with van der Waals surface area (Å²) in [6.07, 6.45) is 3.58. The van der Waals surface area contributed by atoms with Gasteiger partial charge in [0.05, 0.1) is 14.9 Å². The van der Waals surface area contributed by atoms with Gasteiger partial charge in [0, 0.05) is 35.8 Å². The number of ketones is 1. The Hall–Kier alpha value is -1.07. The monoisotopic (exact) mass is 408 g/mol. The number of halogens is 2. The highest BCUT2D eigenvalue weighted by Crippen LogP contribution is 2.44. The van der Waals surface area contributed by atoms with Crippen molar-refractivity contribution in [2.24, 2.45) is 0 Å². The standard InChI is InChI=1S/C20H22Cl2N2OS/c1-12-18-17(26-19(12)13(2)25)7-10-24(20(18)23-8-3-4-9-23)14-5-6-15(21)16(22)11-14/h5-6,11,20H,3-4,7-10H2,1-2H3. The van der Waals surface area contributed by atoms with Gasteiger partial charge in [-0.1, -0.05) is 23.2 Å². The van der Waals surface area contributed by atoms with Gasteiger partial charge in [0.1, 0.15) is 6.17 Å². The molecule has 0 spiro atoms. The molecule has 1 saturated heterocycles. The summed E-state index contributed by atoms with van der Waals surface area (Å²) in [6, 6.07) is 5.89. The van der Waals surface area contributed by atoms with Gasteiger partial charge in [0.15, 0.2) is 5.78 Å². The van der Waals surface area contributed by atoms with Gasteiger partial charge >= 0.3 is 0 Å². The first kappa shape index (κ1) is 18.3. The molecule has 0 radical (unpaired) electrons. The maximum atomic E-state index is 12.1. The van der Waals surface area contributed by atoms with Crippen LogP contribution in [0.4, 0.5) is 5.69 Å². The molecule has 0 saturated carbocycles. The average molecular weight is 409 g/mol. The quantitative estimate of drug-likeness (QED) is 0.606. The highest BCUT2D eigenvalue weighted by Gasteiger charge is 2.37.